The minimum absolute atomic E-state index is 0.0852. The number of amides is 1. The van der Waals surface area contributed by atoms with Gasteiger partial charge >= 0.3 is 0 Å². The molecule has 1 amide bonds. The van der Waals surface area contributed by atoms with Crippen molar-refractivity contribution in [1.82, 2.24) is 0 Å². The highest BCUT2D eigenvalue weighted by Gasteiger charge is 2.40. The number of benzene rings is 3. The zero-order valence-corrected chi connectivity index (χ0v) is 18.0. The molecule has 1 aliphatic rings. The van der Waals surface area contributed by atoms with E-state index in [4.69, 9.17) is 0 Å². The van der Waals surface area contributed by atoms with Gasteiger partial charge in [0.05, 0.1) is 6.04 Å². The number of carbonyl (C=O) groups is 1. The van der Waals surface area contributed by atoms with Crippen LogP contribution < -0.4 is 10.2 Å². The zero-order valence-electron chi connectivity index (χ0n) is 18.0. The van der Waals surface area contributed by atoms with Crippen molar-refractivity contribution >= 4 is 17.3 Å². The summed E-state index contributed by atoms with van der Waals surface area (Å²) in [5.74, 6) is 0.353. The Hall–Kier alpha value is -3.07. The molecule has 0 unspecified atom stereocenters. The van der Waals surface area contributed by atoms with Crippen LogP contribution in [-0.4, -0.2) is 11.9 Å². The van der Waals surface area contributed by atoms with Crippen molar-refractivity contribution in [2.45, 2.75) is 45.7 Å². The van der Waals surface area contributed by atoms with Gasteiger partial charge in [-0.05, 0) is 54.3 Å². The summed E-state index contributed by atoms with van der Waals surface area (Å²) in [6.45, 7) is 6.56. The molecule has 1 N–H and O–H groups in total. The number of hydrogen-bond acceptors (Lipinski definition) is 2. The number of para-hydroxylation sites is 2. The van der Waals surface area contributed by atoms with Gasteiger partial charge in [-0.15, -0.1) is 0 Å². The first-order valence-corrected chi connectivity index (χ1v) is 11.0. The molecule has 3 aromatic rings. The maximum Gasteiger partial charge on any atom is 0.258 e. The van der Waals surface area contributed by atoms with Gasteiger partial charge in [0, 0.05) is 28.9 Å². The van der Waals surface area contributed by atoms with E-state index in [9.17, 15) is 4.79 Å². The third-order valence-electron chi connectivity index (χ3n) is 6.34. The molecule has 3 nitrogen and oxygen atoms in total. The second-order valence-corrected chi connectivity index (χ2v) is 8.11. The molecule has 1 heterocycles. The Labute approximate surface area is 179 Å². The first-order valence-electron chi connectivity index (χ1n) is 11.0. The molecule has 0 aromatic heterocycles. The fourth-order valence-electron chi connectivity index (χ4n) is 4.65. The van der Waals surface area contributed by atoms with E-state index < -0.39 is 0 Å². The first kappa shape index (κ1) is 20.2. The summed E-state index contributed by atoms with van der Waals surface area (Å²) >= 11 is 0. The third kappa shape index (κ3) is 3.72. The number of rotatable bonds is 5. The molecule has 0 bridgehead atoms. The lowest BCUT2D eigenvalue weighted by atomic mass is 9.80. The minimum atomic E-state index is 0.0852. The fourth-order valence-corrected chi connectivity index (χ4v) is 4.65. The predicted octanol–water partition coefficient (Wildman–Crippen LogP) is 6.48. The monoisotopic (exact) mass is 398 g/mol. The first-order chi connectivity index (χ1) is 14.6. The van der Waals surface area contributed by atoms with Gasteiger partial charge in [-0.2, -0.15) is 0 Å². The van der Waals surface area contributed by atoms with Crippen molar-refractivity contribution in [1.29, 1.82) is 0 Å². The summed E-state index contributed by atoms with van der Waals surface area (Å²) in [6.07, 6.45) is 1.88. The summed E-state index contributed by atoms with van der Waals surface area (Å²) in [5, 5.41) is 3.73. The lowest BCUT2D eigenvalue weighted by molar-refractivity contribution is 0.0960. The fraction of sp³-hybridized carbons (Fsp3) is 0.296. The molecule has 3 atom stereocenters. The van der Waals surface area contributed by atoms with Crippen LogP contribution in [0, 0.1) is 5.92 Å². The van der Waals surface area contributed by atoms with E-state index >= 15 is 0 Å². The maximum atomic E-state index is 13.6. The lowest BCUT2D eigenvalue weighted by Gasteiger charge is -2.45. The highest BCUT2D eigenvalue weighted by atomic mass is 16.2. The van der Waals surface area contributed by atoms with E-state index in [0.29, 0.717) is 0 Å². The molecular formula is C27H30N2O. The van der Waals surface area contributed by atoms with Crippen LogP contribution in [-0.2, 0) is 6.42 Å². The molecule has 30 heavy (non-hydrogen) atoms. The van der Waals surface area contributed by atoms with E-state index in [1.165, 1.54) is 11.1 Å². The Kier molecular flexibility index (Phi) is 5.89. The van der Waals surface area contributed by atoms with Crippen molar-refractivity contribution in [2.24, 2.45) is 5.92 Å². The van der Waals surface area contributed by atoms with Crippen LogP contribution in [0.15, 0.2) is 78.9 Å². The highest BCUT2D eigenvalue weighted by Crippen LogP contribution is 2.43. The second kappa shape index (κ2) is 8.74. The summed E-state index contributed by atoms with van der Waals surface area (Å²) < 4.78 is 0. The topological polar surface area (TPSA) is 32.3 Å². The van der Waals surface area contributed by atoms with Gasteiger partial charge in [0.15, 0.2) is 0 Å². The standard InChI is InChI=1S/C27H30N2O/c1-4-20-15-17-21(18-16-20)27(30)29-24(5-2)19(3)26(23-13-9-10-14-25(23)29)28-22-11-7-6-8-12-22/h6-19,24,26,28H,4-5H2,1-3H3/t19-,24+,26+/m1/s1. The summed E-state index contributed by atoms with van der Waals surface area (Å²) in [5.41, 5.74) is 5.30. The molecule has 4 rings (SSSR count). The Morgan fingerprint density at radius 2 is 1.57 bits per heavy atom. The van der Waals surface area contributed by atoms with Gasteiger partial charge in [-0.3, -0.25) is 4.79 Å². The maximum absolute atomic E-state index is 13.6. The third-order valence-corrected chi connectivity index (χ3v) is 6.34. The van der Waals surface area contributed by atoms with Gasteiger partial charge in [0.25, 0.3) is 5.91 Å². The van der Waals surface area contributed by atoms with Crippen molar-refractivity contribution in [2.75, 3.05) is 10.2 Å². The van der Waals surface area contributed by atoms with Crippen molar-refractivity contribution in [3.63, 3.8) is 0 Å². The van der Waals surface area contributed by atoms with Gasteiger partial charge in [-0.25, -0.2) is 0 Å². The van der Waals surface area contributed by atoms with Crippen LogP contribution in [0.25, 0.3) is 0 Å². The molecule has 0 saturated carbocycles. The Balaban J connectivity index is 1.74. The van der Waals surface area contributed by atoms with Gasteiger partial charge in [-0.1, -0.05) is 69.3 Å². The summed E-state index contributed by atoms with van der Waals surface area (Å²) in [7, 11) is 0. The van der Waals surface area contributed by atoms with Crippen LogP contribution >= 0.6 is 0 Å². The molecule has 0 aliphatic carbocycles. The number of aryl methyl sites for hydroxylation is 1. The molecule has 154 valence electrons. The molecular weight excluding hydrogens is 368 g/mol. The van der Waals surface area contributed by atoms with E-state index in [1.54, 1.807) is 0 Å². The number of nitrogens with zero attached hydrogens (tertiary/aromatic N) is 1. The minimum Gasteiger partial charge on any atom is -0.378 e. The van der Waals surface area contributed by atoms with Crippen molar-refractivity contribution in [3.05, 3.63) is 95.6 Å². The Morgan fingerprint density at radius 1 is 0.900 bits per heavy atom. The van der Waals surface area contributed by atoms with Crippen molar-refractivity contribution < 1.29 is 4.79 Å². The molecule has 3 heteroatoms. The number of anilines is 2. The number of nitrogens with one attached hydrogen (secondary N) is 1. The molecule has 0 radical (unpaired) electrons. The summed E-state index contributed by atoms with van der Waals surface area (Å²) in [6, 6.07) is 27.0. The van der Waals surface area contributed by atoms with Crippen LogP contribution in [0.5, 0.6) is 0 Å². The van der Waals surface area contributed by atoms with Crippen LogP contribution in [0.1, 0.15) is 54.7 Å². The van der Waals surface area contributed by atoms with Gasteiger partial charge in [0.1, 0.15) is 0 Å². The zero-order chi connectivity index (χ0) is 21.1. The molecule has 1 aliphatic heterocycles. The number of hydrogen-bond donors (Lipinski definition) is 1. The Bertz CT molecular complexity index is 997. The van der Waals surface area contributed by atoms with Gasteiger partial charge in [0.2, 0.25) is 0 Å². The Morgan fingerprint density at radius 3 is 2.23 bits per heavy atom. The quantitative estimate of drug-likeness (QED) is 0.534. The highest BCUT2D eigenvalue weighted by molar-refractivity contribution is 6.07. The van der Waals surface area contributed by atoms with Crippen LogP contribution in [0.4, 0.5) is 11.4 Å². The smallest absolute Gasteiger partial charge is 0.258 e. The average molecular weight is 399 g/mol. The largest absolute Gasteiger partial charge is 0.378 e. The van der Waals surface area contributed by atoms with Crippen LogP contribution in [0.3, 0.4) is 0 Å². The molecule has 3 aromatic carbocycles. The van der Waals surface area contributed by atoms with E-state index in [2.05, 4.69) is 80.7 Å². The molecule has 0 saturated heterocycles. The van der Waals surface area contributed by atoms with Crippen molar-refractivity contribution in [3.8, 4) is 0 Å². The van der Waals surface area contributed by atoms with E-state index in [-0.39, 0.29) is 23.9 Å². The summed E-state index contributed by atoms with van der Waals surface area (Å²) in [4.78, 5) is 15.7. The van der Waals surface area contributed by atoms with Crippen LogP contribution in [0.2, 0.25) is 0 Å². The molecule has 0 fully saturated rings. The lowest BCUT2D eigenvalue weighted by Crippen LogP contribution is -2.50. The molecule has 0 spiro atoms. The normalized spacial score (nSPS) is 20.5. The van der Waals surface area contributed by atoms with Gasteiger partial charge < -0.3 is 10.2 Å². The van der Waals surface area contributed by atoms with E-state index in [0.717, 1.165) is 29.8 Å². The number of fused-ring (bicyclic) bond motifs is 1. The SMILES string of the molecule is CCc1ccc(C(=O)N2c3ccccc3[C@@H](Nc3ccccc3)[C@H](C)[C@@H]2CC)cc1. The number of carbonyl (C=O) groups excluding carboxylic acids is 1. The van der Waals surface area contributed by atoms with E-state index in [1.807, 2.05) is 29.2 Å². The average Bonchev–Trinajstić information content (AvgIpc) is 2.80. The predicted molar refractivity (Wildman–Crippen MR) is 125 cm³/mol. The second-order valence-electron chi connectivity index (χ2n) is 8.11.